The molecule has 1 heterocycles. The van der Waals surface area contributed by atoms with E-state index < -0.39 is 5.97 Å². The Morgan fingerprint density at radius 1 is 1.32 bits per heavy atom. The first-order valence-corrected chi connectivity index (χ1v) is 7.53. The van der Waals surface area contributed by atoms with Crippen LogP contribution in [0, 0.1) is 5.92 Å². The van der Waals surface area contributed by atoms with Gasteiger partial charge in [0, 0.05) is 12.2 Å². The fraction of sp³-hybridized carbons (Fsp3) is 0.438. The minimum Gasteiger partial charge on any atom is -0.461 e. The second-order valence-corrected chi connectivity index (χ2v) is 5.36. The molecule has 1 aromatic carbocycles. The summed E-state index contributed by atoms with van der Waals surface area (Å²) in [7, 11) is 0. The highest BCUT2D eigenvalue weighted by atomic mass is 16.5. The van der Waals surface area contributed by atoms with E-state index in [1.54, 1.807) is 6.92 Å². The van der Waals surface area contributed by atoms with Gasteiger partial charge in [0.15, 0.2) is 5.69 Å². The fourth-order valence-electron chi connectivity index (χ4n) is 2.26. The normalized spacial score (nSPS) is 14.0. The van der Waals surface area contributed by atoms with Crippen molar-refractivity contribution in [1.29, 1.82) is 0 Å². The molecular formula is C16H19N3O3. The molecule has 0 saturated heterocycles. The van der Waals surface area contributed by atoms with Crippen LogP contribution < -0.4 is 0 Å². The maximum Gasteiger partial charge on any atom is 0.361 e. The molecule has 1 aliphatic rings. The van der Waals surface area contributed by atoms with E-state index in [1.165, 1.54) is 12.8 Å². The third-order valence-electron chi connectivity index (χ3n) is 3.60. The lowest BCUT2D eigenvalue weighted by molar-refractivity contribution is 0.0520. The lowest BCUT2D eigenvalue weighted by Gasteiger charge is -2.09. The second kappa shape index (κ2) is 6.70. The average molecular weight is 301 g/mol. The number of esters is 1. The van der Waals surface area contributed by atoms with Crippen LogP contribution in [0.1, 0.15) is 35.8 Å². The second-order valence-electron chi connectivity index (χ2n) is 5.36. The van der Waals surface area contributed by atoms with Gasteiger partial charge in [-0.25, -0.2) is 4.79 Å². The highest BCUT2D eigenvalue weighted by Crippen LogP contribution is 2.30. The number of carbonyl (C=O) groups excluding carboxylic acids is 1. The molecule has 1 N–H and O–H groups in total. The molecule has 0 radical (unpaired) electrons. The first kappa shape index (κ1) is 14.7. The summed E-state index contributed by atoms with van der Waals surface area (Å²) in [5, 5.41) is 10.5. The zero-order valence-corrected chi connectivity index (χ0v) is 12.5. The van der Waals surface area contributed by atoms with Crippen LogP contribution in [0.5, 0.6) is 0 Å². The Morgan fingerprint density at radius 3 is 2.91 bits per heavy atom. The number of ether oxygens (including phenoxy) is 2. The SMILES string of the molecule is CCOC(=O)c1n[nH]nc1-c1ccccc1COCC1CC1. The minimum atomic E-state index is -0.472. The van der Waals surface area contributed by atoms with Crippen LogP contribution in [0.3, 0.4) is 0 Å². The first-order chi connectivity index (χ1) is 10.8. The highest BCUT2D eigenvalue weighted by molar-refractivity contribution is 5.94. The Bertz CT molecular complexity index is 650. The van der Waals surface area contributed by atoms with E-state index in [0.29, 0.717) is 24.8 Å². The van der Waals surface area contributed by atoms with E-state index in [9.17, 15) is 4.79 Å². The Hall–Kier alpha value is -2.21. The van der Waals surface area contributed by atoms with Crippen molar-refractivity contribution in [3.8, 4) is 11.3 Å². The molecule has 116 valence electrons. The summed E-state index contributed by atoms with van der Waals surface area (Å²) >= 11 is 0. The number of carbonyl (C=O) groups is 1. The predicted molar refractivity (Wildman–Crippen MR) is 80.2 cm³/mol. The Morgan fingerprint density at radius 2 is 2.14 bits per heavy atom. The van der Waals surface area contributed by atoms with Gasteiger partial charge < -0.3 is 9.47 Å². The molecule has 1 aliphatic carbocycles. The standard InChI is InChI=1S/C16H19N3O3/c1-2-22-16(20)15-14(17-19-18-15)13-6-4-3-5-12(13)10-21-9-11-7-8-11/h3-6,11H,2,7-10H2,1H3,(H,17,18,19). The molecule has 0 unspecified atom stereocenters. The summed E-state index contributed by atoms with van der Waals surface area (Å²) in [5.74, 6) is 0.245. The number of hydrogen-bond donors (Lipinski definition) is 1. The number of aromatic nitrogens is 3. The summed E-state index contributed by atoms with van der Waals surface area (Å²) in [6.07, 6.45) is 2.52. The number of nitrogens with zero attached hydrogens (tertiary/aromatic N) is 2. The van der Waals surface area contributed by atoms with Gasteiger partial charge in [0.25, 0.3) is 0 Å². The van der Waals surface area contributed by atoms with Gasteiger partial charge in [0.2, 0.25) is 0 Å². The summed E-state index contributed by atoms with van der Waals surface area (Å²) in [6.45, 7) is 3.36. The van der Waals surface area contributed by atoms with Crippen molar-refractivity contribution in [3.05, 3.63) is 35.5 Å². The molecule has 0 spiro atoms. The topological polar surface area (TPSA) is 77.1 Å². The van der Waals surface area contributed by atoms with Crippen molar-refractivity contribution in [3.63, 3.8) is 0 Å². The van der Waals surface area contributed by atoms with Gasteiger partial charge in [-0.05, 0) is 31.2 Å². The number of rotatable bonds is 7. The zero-order valence-electron chi connectivity index (χ0n) is 12.5. The largest absolute Gasteiger partial charge is 0.461 e. The molecule has 0 amide bonds. The fourth-order valence-corrected chi connectivity index (χ4v) is 2.26. The number of benzene rings is 1. The maximum absolute atomic E-state index is 11.9. The average Bonchev–Trinajstić information content (AvgIpc) is 3.22. The van der Waals surface area contributed by atoms with Gasteiger partial charge >= 0.3 is 5.97 Å². The molecule has 6 nitrogen and oxygen atoms in total. The van der Waals surface area contributed by atoms with Crippen LogP contribution in [0.2, 0.25) is 0 Å². The molecule has 0 bridgehead atoms. The Labute approximate surface area is 128 Å². The summed E-state index contributed by atoms with van der Waals surface area (Å²) in [5.41, 5.74) is 2.54. The van der Waals surface area contributed by atoms with E-state index >= 15 is 0 Å². The zero-order chi connectivity index (χ0) is 15.4. The number of nitrogens with one attached hydrogen (secondary N) is 1. The van der Waals surface area contributed by atoms with Crippen molar-refractivity contribution in [1.82, 2.24) is 15.4 Å². The highest BCUT2D eigenvalue weighted by Gasteiger charge is 2.23. The van der Waals surface area contributed by atoms with Gasteiger partial charge in [-0.15, -0.1) is 5.10 Å². The first-order valence-electron chi connectivity index (χ1n) is 7.53. The number of hydrogen-bond acceptors (Lipinski definition) is 5. The summed E-state index contributed by atoms with van der Waals surface area (Å²) in [4.78, 5) is 11.9. The van der Waals surface area contributed by atoms with Crippen LogP contribution in [-0.2, 0) is 16.1 Å². The minimum absolute atomic E-state index is 0.205. The third-order valence-corrected chi connectivity index (χ3v) is 3.60. The van der Waals surface area contributed by atoms with Gasteiger partial charge in [0.05, 0.1) is 13.2 Å². The van der Waals surface area contributed by atoms with Crippen LogP contribution in [-0.4, -0.2) is 34.6 Å². The molecule has 22 heavy (non-hydrogen) atoms. The predicted octanol–water partition coefficient (Wildman–Crippen LogP) is 2.58. The van der Waals surface area contributed by atoms with E-state index in [1.807, 2.05) is 24.3 Å². The Balaban J connectivity index is 1.81. The van der Waals surface area contributed by atoms with Gasteiger partial charge in [0.1, 0.15) is 5.69 Å². The number of H-pyrrole nitrogens is 1. The van der Waals surface area contributed by atoms with Crippen molar-refractivity contribution in [2.75, 3.05) is 13.2 Å². The van der Waals surface area contributed by atoms with Crippen molar-refractivity contribution < 1.29 is 14.3 Å². The van der Waals surface area contributed by atoms with Crippen molar-refractivity contribution in [2.24, 2.45) is 5.92 Å². The molecule has 6 heteroatoms. The molecule has 2 aromatic rings. The molecule has 0 aliphatic heterocycles. The van der Waals surface area contributed by atoms with E-state index in [0.717, 1.165) is 17.7 Å². The van der Waals surface area contributed by atoms with E-state index in [2.05, 4.69) is 15.4 Å². The lowest BCUT2D eigenvalue weighted by Crippen LogP contribution is -2.07. The molecule has 3 rings (SSSR count). The van der Waals surface area contributed by atoms with E-state index in [4.69, 9.17) is 9.47 Å². The molecule has 1 saturated carbocycles. The van der Waals surface area contributed by atoms with Crippen LogP contribution in [0.25, 0.3) is 11.3 Å². The van der Waals surface area contributed by atoms with Crippen LogP contribution in [0.4, 0.5) is 0 Å². The van der Waals surface area contributed by atoms with Crippen LogP contribution >= 0.6 is 0 Å². The van der Waals surface area contributed by atoms with Crippen molar-refractivity contribution >= 4 is 5.97 Å². The van der Waals surface area contributed by atoms with Gasteiger partial charge in [-0.3, -0.25) is 0 Å². The Kier molecular flexibility index (Phi) is 4.48. The summed E-state index contributed by atoms with van der Waals surface area (Å²) in [6, 6.07) is 7.75. The maximum atomic E-state index is 11.9. The van der Waals surface area contributed by atoms with Gasteiger partial charge in [-0.2, -0.15) is 10.3 Å². The smallest absolute Gasteiger partial charge is 0.361 e. The van der Waals surface area contributed by atoms with Crippen molar-refractivity contribution in [2.45, 2.75) is 26.4 Å². The quantitative estimate of drug-likeness (QED) is 0.795. The molecular weight excluding hydrogens is 282 g/mol. The lowest BCUT2D eigenvalue weighted by atomic mass is 10.0. The molecule has 1 aromatic heterocycles. The van der Waals surface area contributed by atoms with Crippen LogP contribution in [0.15, 0.2) is 24.3 Å². The molecule has 1 fully saturated rings. The third kappa shape index (κ3) is 3.33. The monoisotopic (exact) mass is 301 g/mol. The van der Waals surface area contributed by atoms with Gasteiger partial charge in [-0.1, -0.05) is 24.3 Å². The molecule has 0 atom stereocenters. The summed E-state index contributed by atoms with van der Waals surface area (Å²) < 4.78 is 10.8. The number of aromatic amines is 1. The van der Waals surface area contributed by atoms with E-state index in [-0.39, 0.29) is 5.69 Å².